The lowest BCUT2D eigenvalue weighted by molar-refractivity contribution is -0.140. The van der Waals surface area contributed by atoms with Crippen molar-refractivity contribution < 1.29 is 28.5 Å². The highest BCUT2D eigenvalue weighted by atomic mass is 16.6. The van der Waals surface area contributed by atoms with E-state index in [-0.39, 0.29) is 26.4 Å². The van der Waals surface area contributed by atoms with Crippen LogP contribution in [-0.4, -0.2) is 38.4 Å². The number of rotatable bonds is 10. The molecule has 0 saturated heterocycles. The van der Waals surface area contributed by atoms with Gasteiger partial charge in [-0.25, -0.2) is 9.59 Å². The molecule has 24 heavy (non-hydrogen) atoms. The van der Waals surface area contributed by atoms with Gasteiger partial charge in [0.1, 0.15) is 37.9 Å². The molecule has 0 unspecified atom stereocenters. The molecule has 0 heterocycles. The van der Waals surface area contributed by atoms with Gasteiger partial charge in [-0.2, -0.15) is 0 Å². The molecule has 6 heteroatoms. The minimum absolute atomic E-state index is 0.133. The van der Waals surface area contributed by atoms with Crippen molar-refractivity contribution in [2.24, 2.45) is 0 Å². The van der Waals surface area contributed by atoms with Crippen LogP contribution in [0.2, 0.25) is 0 Å². The number of ether oxygens (including phenoxy) is 4. The zero-order chi connectivity index (χ0) is 17.9. The quantitative estimate of drug-likeness (QED) is 0.372. The van der Waals surface area contributed by atoms with E-state index in [1.807, 2.05) is 0 Å². The molecule has 0 atom stereocenters. The maximum atomic E-state index is 11.2. The van der Waals surface area contributed by atoms with E-state index in [9.17, 15) is 9.59 Å². The predicted molar refractivity (Wildman–Crippen MR) is 89.0 cm³/mol. The van der Waals surface area contributed by atoms with Crippen molar-refractivity contribution in [2.75, 3.05) is 26.4 Å². The molecule has 6 nitrogen and oxygen atoms in total. The van der Waals surface area contributed by atoms with E-state index >= 15 is 0 Å². The van der Waals surface area contributed by atoms with Gasteiger partial charge in [-0.05, 0) is 26.0 Å². The number of benzene rings is 1. The smallest absolute Gasteiger partial charge is 0.333 e. The largest absolute Gasteiger partial charge is 0.490 e. The molecule has 0 aromatic heterocycles. The van der Waals surface area contributed by atoms with Gasteiger partial charge in [-0.3, -0.25) is 0 Å². The van der Waals surface area contributed by atoms with Crippen molar-refractivity contribution in [3.63, 3.8) is 0 Å². The van der Waals surface area contributed by atoms with Gasteiger partial charge in [0.25, 0.3) is 0 Å². The van der Waals surface area contributed by atoms with Crippen molar-refractivity contribution >= 4 is 11.9 Å². The highest BCUT2D eigenvalue weighted by Gasteiger charge is 2.04. The fraction of sp³-hybridized carbons (Fsp3) is 0.333. The van der Waals surface area contributed by atoms with E-state index in [0.29, 0.717) is 22.6 Å². The maximum absolute atomic E-state index is 11.2. The average Bonchev–Trinajstić information content (AvgIpc) is 2.55. The minimum atomic E-state index is -0.444. The molecule has 0 saturated carbocycles. The van der Waals surface area contributed by atoms with Crippen LogP contribution in [0.1, 0.15) is 13.8 Å². The first-order chi connectivity index (χ1) is 11.4. The Morgan fingerprint density at radius 2 is 1.25 bits per heavy atom. The van der Waals surface area contributed by atoms with E-state index in [1.54, 1.807) is 38.1 Å². The van der Waals surface area contributed by atoms with E-state index in [0.717, 1.165) is 0 Å². The third-order valence-electron chi connectivity index (χ3n) is 2.67. The van der Waals surface area contributed by atoms with Gasteiger partial charge in [0.05, 0.1) is 0 Å². The van der Waals surface area contributed by atoms with Gasteiger partial charge >= 0.3 is 11.9 Å². The summed E-state index contributed by atoms with van der Waals surface area (Å²) >= 11 is 0. The molecule has 0 aliphatic carbocycles. The first kappa shape index (κ1) is 19.3. The molecule has 0 fully saturated rings. The number of hydrogen-bond donors (Lipinski definition) is 0. The zero-order valence-electron chi connectivity index (χ0n) is 14.0. The third kappa shape index (κ3) is 7.49. The van der Waals surface area contributed by atoms with Gasteiger partial charge in [0.15, 0.2) is 0 Å². The van der Waals surface area contributed by atoms with E-state index < -0.39 is 11.9 Å². The van der Waals surface area contributed by atoms with Crippen LogP contribution in [-0.2, 0) is 19.1 Å². The summed E-state index contributed by atoms with van der Waals surface area (Å²) in [5, 5.41) is 0. The van der Waals surface area contributed by atoms with Crippen LogP contribution in [0.3, 0.4) is 0 Å². The maximum Gasteiger partial charge on any atom is 0.333 e. The Balaban J connectivity index is 2.30. The summed E-state index contributed by atoms with van der Waals surface area (Å²) in [6.07, 6.45) is 0. The summed E-state index contributed by atoms with van der Waals surface area (Å²) in [4.78, 5) is 22.4. The summed E-state index contributed by atoms with van der Waals surface area (Å²) < 4.78 is 20.8. The molecule has 0 amide bonds. The van der Waals surface area contributed by atoms with Crippen LogP contribution >= 0.6 is 0 Å². The van der Waals surface area contributed by atoms with Gasteiger partial charge < -0.3 is 18.9 Å². The Bertz CT molecular complexity index is 556. The highest BCUT2D eigenvalue weighted by Crippen LogP contribution is 2.19. The van der Waals surface area contributed by atoms with Crippen molar-refractivity contribution in [3.8, 4) is 11.5 Å². The van der Waals surface area contributed by atoms with E-state index in [2.05, 4.69) is 13.2 Å². The SMILES string of the molecule is C=C(C)C(=O)OCCOc1cccc(OCCOC(=O)C(=C)C)c1. The molecule has 0 radical (unpaired) electrons. The van der Waals surface area contributed by atoms with Gasteiger partial charge in [0.2, 0.25) is 0 Å². The number of hydrogen-bond acceptors (Lipinski definition) is 6. The standard InChI is InChI=1S/C18H22O6/c1-13(2)17(19)23-10-8-21-15-6-5-7-16(12-15)22-9-11-24-18(20)14(3)4/h5-7,12H,1,3,8-11H2,2,4H3. The third-order valence-corrected chi connectivity index (χ3v) is 2.67. The Hall–Kier alpha value is -2.76. The minimum Gasteiger partial charge on any atom is -0.490 e. The summed E-state index contributed by atoms with van der Waals surface area (Å²) in [5.41, 5.74) is 0.690. The molecular formula is C18H22O6. The Labute approximate surface area is 141 Å². The summed E-state index contributed by atoms with van der Waals surface area (Å²) in [7, 11) is 0. The van der Waals surface area contributed by atoms with E-state index in [4.69, 9.17) is 18.9 Å². The van der Waals surface area contributed by atoms with Crippen LogP contribution in [0.15, 0.2) is 48.6 Å². The summed E-state index contributed by atoms with van der Waals surface area (Å²) in [6.45, 7) is 10.9. The molecule has 1 aromatic rings. The van der Waals surface area contributed by atoms with Crippen molar-refractivity contribution in [1.29, 1.82) is 0 Å². The fourth-order valence-corrected chi connectivity index (χ4v) is 1.49. The van der Waals surface area contributed by atoms with Crippen LogP contribution in [0.4, 0.5) is 0 Å². The first-order valence-electron chi connectivity index (χ1n) is 7.41. The molecule has 1 aromatic carbocycles. The van der Waals surface area contributed by atoms with Crippen LogP contribution in [0, 0.1) is 0 Å². The molecule has 1 rings (SSSR count). The van der Waals surface area contributed by atoms with Crippen molar-refractivity contribution in [2.45, 2.75) is 13.8 Å². The molecular weight excluding hydrogens is 312 g/mol. The lowest BCUT2D eigenvalue weighted by atomic mass is 10.3. The van der Waals surface area contributed by atoms with Crippen LogP contribution < -0.4 is 9.47 Å². The second-order valence-electron chi connectivity index (χ2n) is 5.00. The first-order valence-corrected chi connectivity index (χ1v) is 7.41. The predicted octanol–water partition coefficient (Wildman–Crippen LogP) is 2.68. The van der Waals surface area contributed by atoms with Crippen molar-refractivity contribution in [1.82, 2.24) is 0 Å². The zero-order valence-corrected chi connectivity index (χ0v) is 14.0. The monoisotopic (exact) mass is 334 g/mol. The second-order valence-corrected chi connectivity index (χ2v) is 5.00. The molecule has 130 valence electrons. The van der Waals surface area contributed by atoms with Crippen molar-refractivity contribution in [3.05, 3.63) is 48.6 Å². The van der Waals surface area contributed by atoms with Crippen LogP contribution in [0.5, 0.6) is 11.5 Å². The molecule has 0 aliphatic rings. The van der Waals surface area contributed by atoms with Gasteiger partial charge in [-0.1, -0.05) is 19.2 Å². The number of carbonyl (C=O) groups excluding carboxylic acids is 2. The highest BCUT2D eigenvalue weighted by molar-refractivity contribution is 5.87. The fourth-order valence-electron chi connectivity index (χ4n) is 1.49. The lowest BCUT2D eigenvalue weighted by Gasteiger charge is -2.10. The number of esters is 2. The van der Waals surface area contributed by atoms with Gasteiger partial charge in [-0.15, -0.1) is 0 Å². The molecule has 0 N–H and O–H groups in total. The Morgan fingerprint density at radius 3 is 1.62 bits per heavy atom. The molecule has 0 bridgehead atoms. The second kappa shape index (κ2) is 10.1. The Morgan fingerprint density at radius 1 is 0.833 bits per heavy atom. The molecule has 0 spiro atoms. The normalized spacial score (nSPS) is 9.75. The average molecular weight is 334 g/mol. The Kier molecular flexibility index (Phi) is 8.11. The lowest BCUT2D eigenvalue weighted by Crippen LogP contribution is -2.13. The van der Waals surface area contributed by atoms with E-state index in [1.165, 1.54) is 0 Å². The topological polar surface area (TPSA) is 71.1 Å². The summed E-state index contributed by atoms with van der Waals surface area (Å²) in [5.74, 6) is 0.274. The summed E-state index contributed by atoms with van der Waals surface area (Å²) in [6, 6.07) is 6.98. The van der Waals surface area contributed by atoms with Gasteiger partial charge in [0, 0.05) is 17.2 Å². The van der Waals surface area contributed by atoms with Crippen LogP contribution in [0.25, 0.3) is 0 Å². The molecule has 0 aliphatic heterocycles. The number of carbonyl (C=O) groups is 2.